The molecular weight excluding hydrogens is 278 g/mol. The lowest BCUT2D eigenvalue weighted by molar-refractivity contribution is -0.387. The van der Waals surface area contributed by atoms with E-state index < -0.39 is 45.7 Å². The molecule has 0 fully saturated rings. The van der Waals surface area contributed by atoms with Crippen LogP contribution in [0.15, 0.2) is 12.1 Å². The van der Waals surface area contributed by atoms with Crippen LogP contribution < -0.4 is 5.32 Å². The first kappa shape index (κ1) is 15.5. The fourth-order valence-electron chi connectivity index (χ4n) is 1.43. The molecule has 1 aromatic carbocycles. The number of hydrogen-bond acceptors (Lipinski definition) is 4. The number of amides is 1. The fraction of sp³-hybridized carbons (Fsp3) is 0.273. The molecule has 0 aromatic heterocycles. The largest absolute Gasteiger partial charge is 0.480 e. The van der Waals surface area contributed by atoms with Crippen LogP contribution >= 0.6 is 0 Å². The molecule has 9 heteroatoms. The highest BCUT2D eigenvalue weighted by Gasteiger charge is 2.25. The van der Waals surface area contributed by atoms with E-state index in [9.17, 15) is 28.5 Å². The van der Waals surface area contributed by atoms with Gasteiger partial charge in [-0.05, 0) is 6.42 Å². The predicted molar refractivity (Wildman–Crippen MR) is 62.2 cm³/mol. The monoisotopic (exact) mass is 288 g/mol. The number of carboxylic acids is 1. The highest BCUT2D eigenvalue weighted by molar-refractivity contribution is 5.97. The molecule has 0 saturated heterocycles. The van der Waals surface area contributed by atoms with Crippen molar-refractivity contribution in [1.29, 1.82) is 0 Å². The number of carbonyl (C=O) groups is 2. The van der Waals surface area contributed by atoms with E-state index in [1.807, 2.05) is 5.32 Å². The smallest absolute Gasteiger partial charge is 0.326 e. The Morgan fingerprint density at radius 3 is 2.45 bits per heavy atom. The van der Waals surface area contributed by atoms with E-state index in [0.717, 1.165) is 0 Å². The number of nitrogens with zero attached hydrogens (tertiary/aromatic N) is 1. The summed E-state index contributed by atoms with van der Waals surface area (Å²) in [6, 6.07) is -0.644. The topological polar surface area (TPSA) is 110 Å². The molecule has 0 heterocycles. The van der Waals surface area contributed by atoms with Gasteiger partial charge in [-0.2, -0.15) is 4.39 Å². The second-order valence-corrected chi connectivity index (χ2v) is 3.81. The van der Waals surface area contributed by atoms with Gasteiger partial charge in [-0.3, -0.25) is 14.9 Å². The van der Waals surface area contributed by atoms with Gasteiger partial charge < -0.3 is 10.4 Å². The standard InChI is InChI=1S/C11H10F2N2O5/c1-2-8(11(17)18)14-10(16)5-3-9(15(19)20)7(13)4-6(5)12/h3-4,8H,2H2,1H3,(H,14,16)(H,17,18)/t8-/m1/s1. The molecule has 1 atom stereocenters. The molecule has 0 aliphatic heterocycles. The normalized spacial score (nSPS) is 11.8. The lowest BCUT2D eigenvalue weighted by Gasteiger charge is -2.12. The molecule has 1 amide bonds. The first-order valence-electron chi connectivity index (χ1n) is 5.45. The number of nitrogens with one attached hydrogen (secondary N) is 1. The number of carbonyl (C=O) groups excluding carboxylic acids is 1. The highest BCUT2D eigenvalue weighted by Crippen LogP contribution is 2.21. The van der Waals surface area contributed by atoms with Gasteiger partial charge in [-0.25, -0.2) is 9.18 Å². The molecule has 0 saturated carbocycles. The van der Waals surface area contributed by atoms with Crippen LogP contribution in [0.3, 0.4) is 0 Å². The average Bonchev–Trinajstić information content (AvgIpc) is 2.34. The quantitative estimate of drug-likeness (QED) is 0.629. The molecule has 0 spiro atoms. The number of aliphatic carboxylic acids is 1. The van der Waals surface area contributed by atoms with Crippen LogP contribution in [0, 0.1) is 21.7 Å². The van der Waals surface area contributed by atoms with Crippen LogP contribution in [0.4, 0.5) is 14.5 Å². The third kappa shape index (κ3) is 3.25. The average molecular weight is 288 g/mol. The molecule has 1 rings (SSSR count). The van der Waals surface area contributed by atoms with Crippen LogP contribution in [-0.4, -0.2) is 27.9 Å². The number of rotatable bonds is 5. The minimum absolute atomic E-state index is 0.0337. The van der Waals surface area contributed by atoms with Gasteiger partial charge in [0.25, 0.3) is 5.91 Å². The second-order valence-electron chi connectivity index (χ2n) is 3.81. The number of benzene rings is 1. The molecule has 7 nitrogen and oxygen atoms in total. The zero-order valence-corrected chi connectivity index (χ0v) is 10.2. The Morgan fingerprint density at radius 1 is 1.40 bits per heavy atom. The number of halogens is 2. The van der Waals surface area contributed by atoms with Crippen molar-refractivity contribution >= 4 is 17.6 Å². The van der Waals surface area contributed by atoms with E-state index in [1.54, 1.807) is 0 Å². The molecule has 2 N–H and O–H groups in total. The minimum atomic E-state index is -1.42. The predicted octanol–water partition coefficient (Wildman–Crippen LogP) is 1.47. The molecule has 20 heavy (non-hydrogen) atoms. The van der Waals surface area contributed by atoms with Crippen molar-refractivity contribution in [2.24, 2.45) is 0 Å². The number of nitro groups is 1. The van der Waals surface area contributed by atoms with Gasteiger partial charge >= 0.3 is 11.7 Å². The Kier molecular flexibility index (Phi) is 4.68. The van der Waals surface area contributed by atoms with Gasteiger partial charge in [0.1, 0.15) is 11.9 Å². The molecule has 0 unspecified atom stereocenters. The van der Waals surface area contributed by atoms with Crippen molar-refractivity contribution in [3.63, 3.8) is 0 Å². The number of hydrogen-bond donors (Lipinski definition) is 2. The summed E-state index contributed by atoms with van der Waals surface area (Å²) in [5.41, 5.74) is -1.86. The summed E-state index contributed by atoms with van der Waals surface area (Å²) in [6.07, 6.45) is 0.0337. The SMILES string of the molecule is CC[C@@H](NC(=O)c1cc([N+](=O)[O-])c(F)cc1F)C(=O)O. The van der Waals surface area contributed by atoms with Crippen molar-refractivity contribution in [3.8, 4) is 0 Å². The summed E-state index contributed by atoms with van der Waals surface area (Å²) in [6.45, 7) is 1.47. The Hall–Kier alpha value is -2.58. The van der Waals surface area contributed by atoms with Crippen LogP contribution in [0.5, 0.6) is 0 Å². The van der Waals surface area contributed by atoms with Gasteiger partial charge in [0.2, 0.25) is 5.82 Å². The van der Waals surface area contributed by atoms with Crippen LogP contribution in [-0.2, 0) is 4.79 Å². The van der Waals surface area contributed by atoms with Gasteiger partial charge in [0.05, 0.1) is 10.5 Å². The summed E-state index contributed by atoms with van der Waals surface area (Å²) < 4.78 is 26.5. The molecule has 0 bridgehead atoms. The summed E-state index contributed by atoms with van der Waals surface area (Å²) in [7, 11) is 0. The first-order chi connectivity index (χ1) is 9.27. The first-order valence-corrected chi connectivity index (χ1v) is 5.45. The van der Waals surface area contributed by atoms with Gasteiger partial charge in [-0.15, -0.1) is 0 Å². The summed E-state index contributed by atoms with van der Waals surface area (Å²) in [4.78, 5) is 31.8. The van der Waals surface area contributed by atoms with Gasteiger partial charge in [0, 0.05) is 12.1 Å². The molecular formula is C11H10F2N2O5. The van der Waals surface area contributed by atoms with E-state index in [2.05, 4.69) is 0 Å². The Labute approximate surface area is 111 Å². The maximum atomic E-state index is 13.4. The lowest BCUT2D eigenvalue weighted by atomic mass is 10.1. The minimum Gasteiger partial charge on any atom is -0.480 e. The van der Waals surface area contributed by atoms with Crippen LogP contribution in [0.2, 0.25) is 0 Å². The van der Waals surface area contributed by atoms with E-state index >= 15 is 0 Å². The molecule has 1 aromatic rings. The second kappa shape index (κ2) is 6.04. The molecule has 108 valence electrons. The van der Waals surface area contributed by atoms with E-state index in [4.69, 9.17) is 5.11 Å². The van der Waals surface area contributed by atoms with E-state index in [0.29, 0.717) is 6.07 Å². The Bertz CT molecular complexity index is 576. The molecule has 0 aliphatic rings. The summed E-state index contributed by atoms with van der Waals surface area (Å²) in [5, 5.41) is 21.2. The third-order valence-electron chi connectivity index (χ3n) is 2.49. The number of nitro benzene ring substituents is 1. The van der Waals surface area contributed by atoms with Crippen LogP contribution in [0.25, 0.3) is 0 Å². The van der Waals surface area contributed by atoms with E-state index in [1.165, 1.54) is 6.92 Å². The Balaban J connectivity index is 3.13. The fourth-order valence-corrected chi connectivity index (χ4v) is 1.43. The maximum Gasteiger partial charge on any atom is 0.326 e. The van der Waals surface area contributed by atoms with Crippen molar-refractivity contribution in [1.82, 2.24) is 5.32 Å². The maximum absolute atomic E-state index is 13.4. The van der Waals surface area contributed by atoms with Gasteiger partial charge in [0.15, 0.2) is 0 Å². The van der Waals surface area contributed by atoms with Crippen molar-refractivity contribution in [2.75, 3.05) is 0 Å². The Morgan fingerprint density at radius 2 is 2.00 bits per heavy atom. The van der Waals surface area contributed by atoms with Gasteiger partial charge in [-0.1, -0.05) is 6.92 Å². The van der Waals surface area contributed by atoms with Crippen molar-refractivity contribution < 1.29 is 28.4 Å². The molecule has 0 aliphatic carbocycles. The molecule has 0 radical (unpaired) electrons. The zero-order chi connectivity index (χ0) is 15.4. The summed E-state index contributed by atoms with van der Waals surface area (Å²) >= 11 is 0. The van der Waals surface area contributed by atoms with Crippen LogP contribution in [0.1, 0.15) is 23.7 Å². The van der Waals surface area contributed by atoms with Crippen molar-refractivity contribution in [2.45, 2.75) is 19.4 Å². The summed E-state index contributed by atoms with van der Waals surface area (Å²) in [5.74, 6) is -5.24. The highest BCUT2D eigenvalue weighted by atomic mass is 19.1. The lowest BCUT2D eigenvalue weighted by Crippen LogP contribution is -2.40. The zero-order valence-electron chi connectivity index (χ0n) is 10.2. The third-order valence-corrected chi connectivity index (χ3v) is 2.49. The van der Waals surface area contributed by atoms with E-state index in [-0.39, 0.29) is 12.5 Å². The number of carboxylic acid groups (broad SMARTS) is 1. The van der Waals surface area contributed by atoms with Crippen molar-refractivity contribution in [3.05, 3.63) is 39.4 Å².